The summed E-state index contributed by atoms with van der Waals surface area (Å²) >= 11 is 0. The zero-order valence-corrected chi connectivity index (χ0v) is 13.2. The number of rotatable bonds is 5. The lowest BCUT2D eigenvalue weighted by atomic mass is 9.98. The summed E-state index contributed by atoms with van der Waals surface area (Å²) in [6.45, 7) is 6.44. The van der Waals surface area contributed by atoms with Crippen molar-refractivity contribution in [3.63, 3.8) is 0 Å². The van der Waals surface area contributed by atoms with E-state index in [4.69, 9.17) is 4.74 Å². The van der Waals surface area contributed by atoms with E-state index in [2.05, 4.69) is 50.4 Å². The lowest BCUT2D eigenvalue weighted by molar-refractivity contribution is 0.242. The second-order valence-corrected chi connectivity index (χ2v) is 6.31. The molecule has 0 heterocycles. The second-order valence-electron chi connectivity index (χ2n) is 6.31. The van der Waals surface area contributed by atoms with Gasteiger partial charge in [0.15, 0.2) is 0 Å². The first-order valence-corrected chi connectivity index (χ1v) is 8.20. The van der Waals surface area contributed by atoms with Crippen LogP contribution in [0.1, 0.15) is 59.3 Å². The van der Waals surface area contributed by atoms with Gasteiger partial charge in [0.25, 0.3) is 0 Å². The summed E-state index contributed by atoms with van der Waals surface area (Å²) < 4.78 is 5.68. The van der Waals surface area contributed by atoms with Gasteiger partial charge >= 0.3 is 0 Å². The first-order valence-electron chi connectivity index (χ1n) is 8.20. The zero-order valence-electron chi connectivity index (χ0n) is 13.2. The first kappa shape index (κ1) is 15.2. The van der Waals surface area contributed by atoms with Gasteiger partial charge in [-0.1, -0.05) is 26.2 Å². The minimum Gasteiger partial charge on any atom is -0.491 e. The Labute approximate surface area is 123 Å². The van der Waals surface area contributed by atoms with E-state index in [1.165, 1.54) is 44.2 Å². The van der Waals surface area contributed by atoms with Crippen LogP contribution in [0.2, 0.25) is 0 Å². The van der Waals surface area contributed by atoms with Gasteiger partial charge in [0, 0.05) is 11.7 Å². The fourth-order valence-electron chi connectivity index (χ4n) is 3.07. The third-order valence-corrected chi connectivity index (χ3v) is 4.26. The lowest BCUT2D eigenvalue weighted by Gasteiger charge is -2.18. The highest BCUT2D eigenvalue weighted by Gasteiger charge is 2.17. The van der Waals surface area contributed by atoms with Crippen LogP contribution in [0.3, 0.4) is 0 Å². The predicted octanol–water partition coefficient (Wildman–Crippen LogP) is 5.24. The van der Waals surface area contributed by atoms with Gasteiger partial charge in [-0.15, -0.1) is 0 Å². The van der Waals surface area contributed by atoms with Crippen molar-refractivity contribution in [3.05, 3.63) is 24.3 Å². The smallest absolute Gasteiger partial charge is 0.119 e. The average molecular weight is 275 g/mol. The molecule has 0 saturated heterocycles. The standard InChI is InChI=1S/C18H29NO/c1-4-15-6-5-7-16(9-8-15)19-17-10-12-18(13-11-17)20-14(2)3/h10-16,19H,4-9H2,1-3H3. The van der Waals surface area contributed by atoms with Crippen molar-refractivity contribution in [2.45, 2.75) is 71.4 Å². The molecule has 1 saturated carbocycles. The summed E-state index contributed by atoms with van der Waals surface area (Å²) in [6.07, 6.45) is 8.35. The number of anilines is 1. The molecule has 1 aromatic rings. The molecule has 2 heteroatoms. The van der Waals surface area contributed by atoms with Crippen molar-refractivity contribution >= 4 is 5.69 Å². The lowest BCUT2D eigenvalue weighted by Crippen LogP contribution is -2.18. The molecular formula is C18H29NO. The molecule has 1 aliphatic carbocycles. The Bertz CT molecular complexity index is 385. The maximum atomic E-state index is 5.68. The predicted molar refractivity (Wildman–Crippen MR) is 86.5 cm³/mol. The Kier molecular flexibility index (Phi) is 5.75. The van der Waals surface area contributed by atoms with Crippen LogP contribution < -0.4 is 10.1 Å². The topological polar surface area (TPSA) is 21.3 Å². The van der Waals surface area contributed by atoms with E-state index in [1.807, 2.05) is 0 Å². The number of nitrogens with one attached hydrogen (secondary N) is 1. The Hall–Kier alpha value is -1.18. The first-order chi connectivity index (χ1) is 9.67. The Morgan fingerprint density at radius 3 is 2.50 bits per heavy atom. The van der Waals surface area contributed by atoms with Crippen LogP contribution >= 0.6 is 0 Å². The van der Waals surface area contributed by atoms with E-state index < -0.39 is 0 Å². The molecule has 2 unspecified atom stereocenters. The molecule has 1 aliphatic rings. The van der Waals surface area contributed by atoms with Crippen molar-refractivity contribution < 1.29 is 4.74 Å². The minimum absolute atomic E-state index is 0.238. The van der Waals surface area contributed by atoms with Gasteiger partial charge < -0.3 is 10.1 Å². The molecule has 0 spiro atoms. The summed E-state index contributed by atoms with van der Waals surface area (Å²) in [6, 6.07) is 9.05. The van der Waals surface area contributed by atoms with E-state index in [9.17, 15) is 0 Å². The molecular weight excluding hydrogens is 246 g/mol. The molecule has 0 aliphatic heterocycles. The quantitative estimate of drug-likeness (QED) is 0.741. The molecule has 0 amide bonds. The van der Waals surface area contributed by atoms with Crippen LogP contribution in [0.5, 0.6) is 5.75 Å². The molecule has 2 nitrogen and oxygen atoms in total. The van der Waals surface area contributed by atoms with Crippen LogP contribution in [-0.2, 0) is 0 Å². The van der Waals surface area contributed by atoms with Crippen molar-refractivity contribution in [2.24, 2.45) is 5.92 Å². The fourth-order valence-corrected chi connectivity index (χ4v) is 3.07. The van der Waals surface area contributed by atoms with Gasteiger partial charge in [-0.2, -0.15) is 0 Å². The van der Waals surface area contributed by atoms with Gasteiger partial charge in [0.05, 0.1) is 6.10 Å². The van der Waals surface area contributed by atoms with Gasteiger partial charge in [-0.05, 0) is 63.3 Å². The highest BCUT2D eigenvalue weighted by molar-refractivity contribution is 5.47. The van der Waals surface area contributed by atoms with E-state index in [1.54, 1.807) is 0 Å². The maximum Gasteiger partial charge on any atom is 0.119 e. The van der Waals surface area contributed by atoms with Crippen LogP contribution in [0.4, 0.5) is 5.69 Å². The summed E-state index contributed by atoms with van der Waals surface area (Å²) in [5.41, 5.74) is 1.22. The van der Waals surface area contributed by atoms with Gasteiger partial charge in [-0.25, -0.2) is 0 Å². The van der Waals surface area contributed by atoms with Gasteiger partial charge in [0.2, 0.25) is 0 Å². The molecule has 2 atom stereocenters. The minimum atomic E-state index is 0.238. The van der Waals surface area contributed by atoms with Gasteiger partial charge in [-0.3, -0.25) is 0 Å². The molecule has 0 bridgehead atoms. The number of hydrogen-bond donors (Lipinski definition) is 1. The Morgan fingerprint density at radius 2 is 1.85 bits per heavy atom. The molecule has 0 radical (unpaired) electrons. The Morgan fingerprint density at radius 1 is 1.10 bits per heavy atom. The molecule has 1 aromatic carbocycles. The highest BCUT2D eigenvalue weighted by atomic mass is 16.5. The van der Waals surface area contributed by atoms with Crippen LogP contribution in [0.25, 0.3) is 0 Å². The van der Waals surface area contributed by atoms with E-state index in [0.717, 1.165) is 11.7 Å². The normalized spacial score (nSPS) is 23.4. The number of hydrogen-bond acceptors (Lipinski definition) is 2. The third kappa shape index (κ3) is 4.73. The fraction of sp³-hybridized carbons (Fsp3) is 0.667. The third-order valence-electron chi connectivity index (χ3n) is 4.26. The van der Waals surface area contributed by atoms with Crippen molar-refractivity contribution in [3.8, 4) is 5.75 Å². The summed E-state index contributed by atoms with van der Waals surface area (Å²) in [5.74, 6) is 1.90. The van der Waals surface area contributed by atoms with Crippen molar-refractivity contribution in [1.82, 2.24) is 0 Å². The maximum absolute atomic E-state index is 5.68. The SMILES string of the molecule is CCC1CCCC(Nc2ccc(OC(C)C)cc2)CC1. The molecule has 2 rings (SSSR count). The van der Waals surface area contributed by atoms with Crippen LogP contribution in [-0.4, -0.2) is 12.1 Å². The zero-order chi connectivity index (χ0) is 14.4. The molecule has 20 heavy (non-hydrogen) atoms. The van der Waals surface area contributed by atoms with Crippen LogP contribution in [0, 0.1) is 5.92 Å². The Balaban J connectivity index is 1.86. The van der Waals surface area contributed by atoms with Crippen molar-refractivity contribution in [2.75, 3.05) is 5.32 Å². The monoisotopic (exact) mass is 275 g/mol. The summed E-state index contributed by atoms with van der Waals surface area (Å²) in [4.78, 5) is 0. The van der Waals surface area contributed by atoms with Gasteiger partial charge in [0.1, 0.15) is 5.75 Å². The summed E-state index contributed by atoms with van der Waals surface area (Å²) in [7, 11) is 0. The molecule has 1 fully saturated rings. The molecule has 1 N–H and O–H groups in total. The second kappa shape index (κ2) is 7.56. The average Bonchev–Trinajstić information content (AvgIpc) is 2.65. The number of benzene rings is 1. The van der Waals surface area contributed by atoms with Crippen LogP contribution in [0.15, 0.2) is 24.3 Å². The van der Waals surface area contributed by atoms with E-state index >= 15 is 0 Å². The molecule has 112 valence electrons. The number of ether oxygens (including phenoxy) is 1. The van der Waals surface area contributed by atoms with Crippen molar-refractivity contribution in [1.29, 1.82) is 0 Å². The molecule has 0 aromatic heterocycles. The highest BCUT2D eigenvalue weighted by Crippen LogP contribution is 2.27. The van der Waals surface area contributed by atoms with E-state index in [-0.39, 0.29) is 6.10 Å². The van der Waals surface area contributed by atoms with E-state index in [0.29, 0.717) is 6.04 Å². The largest absolute Gasteiger partial charge is 0.491 e. The summed E-state index contributed by atoms with van der Waals surface area (Å²) in [5, 5.41) is 3.69.